The Bertz CT molecular complexity index is 185. The van der Waals surface area contributed by atoms with Crippen molar-refractivity contribution in [3.05, 3.63) is 0 Å². The molecule has 0 rings (SSSR count). The smallest absolute Gasteiger partial charge is 0.217 e. The molecule has 3 nitrogen and oxygen atoms in total. The summed E-state index contributed by atoms with van der Waals surface area (Å²) in [5.74, 6) is 0.500. The summed E-state index contributed by atoms with van der Waals surface area (Å²) < 4.78 is 1.90. The van der Waals surface area contributed by atoms with Crippen LogP contribution in [0.1, 0.15) is 34.1 Å². The monoisotopic (exact) mass is 218 g/mol. The van der Waals surface area contributed by atoms with Crippen molar-refractivity contribution in [3.8, 4) is 0 Å². The van der Waals surface area contributed by atoms with Gasteiger partial charge in [0.2, 0.25) is 5.91 Å². The molecule has 1 N–H and O–H groups in total. The Balaban J connectivity index is 3.94. The van der Waals surface area contributed by atoms with E-state index in [-0.39, 0.29) is 11.9 Å². The summed E-state index contributed by atoms with van der Waals surface area (Å²) in [6.45, 7) is 7.87. The van der Waals surface area contributed by atoms with E-state index in [9.17, 15) is 4.79 Å². The fourth-order valence-electron chi connectivity index (χ4n) is 1.36. The molecule has 0 bridgehead atoms. The van der Waals surface area contributed by atoms with Crippen molar-refractivity contribution >= 4 is 18.7 Å². The van der Waals surface area contributed by atoms with Crippen LogP contribution in [0.25, 0.3) is 0 Å². The van der Waals surface area contributed by atoms with E-state index in [0.717, 1.165) is 6.42 Å². The molecule has 0 saturated carbocycles. The average molecular weight is 218 g/mol. The summed E-state index contributed by atoms with van der Waals surface area (Å²) in [6, 6.07) is 0.646. The lowest BCUT2D eigenvalue weighted by molar-refractivity contribution is -0.119. The fourth-order valence-corrected chi connectivity index (χ4v) is 1.45. The molecule has 0 aromatic rings. The SMILES string of the molecule is CC(=O)NC(C)C(C)CC(C)N(C)S. The summed E-state index contributed by atoms with van der Waals surface area (Å²) in [4.78, 5) is 10.8. The Morgan fingerprint density at radius 2 is 1.93 bits per heavy atom. The standard InChI is InChI=1S/C10H22N2OS/c1-7(6-8(2)12(5)14)9(3)11-10(4)13/h7-9,14H,6H2,1-5H3,(H,11,13). The van der Waals surface area contributed by atoms with Gasteiger partial charge in [-0.1, -0.05) is 19.7 Å². The second-order valence-corrected chi connectivity index (χ2v) is 4.76. The van der Waals surface area contributed by atoms with Gasteiger partial charge in [-0.15, -0.1) is 0 Å². The van der Waals surface area contributed by atoms with Crippen molar-refractivity contribution in [1.29, 1.82) is 0 Å². The number of rotatable bonds is 5. The highest BCUT2D eigenvalue weighted by Gasteiger charge is 2.17. The molecule has 14 heavy (non-hydrogen) atoms. The predicted octanol–water partition coefficient (Wildman–Crippen LogP) is 1.70. The van der Waals surface area contributed by atoms with Gasteiger partial charge < -0.3 is 5.32 Å². The maximum absolute atomic E-state index is 10.8. The van der Waals surface area contributed by atoms with Crippen molar-refractivity contribution in [2.75, 3.05) is 7.05 Å². The zero-order valence-corrected chi connectivity index (χ0v) is 10.6. The van der Waals surface area contributed by atoms with E-state index in [4.69, 9.17) is 0 Å². The largest absolute Gasteiger partial charge is 0.354 e. The molecule has 0 spiro atoms. The molecule has 0 aliphatic carbocycles. The third-order valence-corrected chi connectivity index (χ3v) is 3.03. The van der Waals surface area contributed by atoms with Crippen molar-refractivity contribution in [3.63, 3.8) is 0 Å². The van der Waals surface area contributed by atoms with Crippen molar-refractivity contribution in [2.24, 2.45) is 5.92 Å². The Morgan fingerprint density at radius 3 is 2.29 bits per heavy atom. The number of carbonyl (C=O) groups excluding carboxylic acids is 1. The molecule has 3 atom stereocenters. The molecule has 4 heteroatoms. The maximum atomic E-state index is 10.8. The molecule has 1 amide bonds. The lowest BCUT2D eigenvalue weighted by Crippen LogP contribution is -2.37. The first-order valence-electron chi connectivity index (χ1n) is 5.03. The molecule has 0 aliphatic heterocycles. The highest BCUT2D eigenvalue weighted by molar-refractivity contribution is 7.77. The Morgan fingerprint density at radius 1 is 1.43 bits per heavy atom. The minimum Gasteiger partial charge on any atom is -0.354 e. The Labute approximate surface area is 92.8 Å². The molecule has 0 radical (unpaired) electrons. The van der Waals surface area contributed by atoms with Crippen LogP contribution in [-0.2, 0) is 4.79 Å². The van der Waals surface area contributed by atoms with E-state index in [1.165, 1.54) is 0 Å². The lowest BCUT2D eigenvalue weighted by Gasteiger charge is -2.26. The Hall–Kier alpha value is -0.220. The summed E-state index contributed by atoms with van der Waals surface area (Å²) in [7, 11) is 1.95. The van der Waals surface area contributed by atoms with E-state index >= 15 is 0 Å². The Kier molecular flexibility index (Phi) is 6.20. The number of nitrogens with one attached hydrogen (secondary N) is 1. The average Bonchev–Trinajstić information content (AvgIpc) is 2.02. The van der Waals surface area contributed by atoms with Crippen LogP contribution in [0.5, 0.6) is 0 Å². The molecule has 0 aliphatic rings. The molecule has 0 fully saturated rings. The quantitative estimate of drug-likeness (QED) is 0.689. The van der Waals surface area contributed by atoms with Crippen LogP contribution in [0, 0.1) is 5.92 Å². The van der Waals surface area contributed by atoms with Gasteiger partial charge in [0.1, 0.15) is 0 Å². The summed E-state index contributed by atoms with van der Waals surface area (Å²) in [5, 5.41) is 2.90. The van der Waals surface area contributed by atoms with Crippen LogP contribution in [0.3, 0.4) is 0 Å². The molecule has 0 aromatic carbocycles. The van der Waals surface area contributed by atoms with Gasteiger partial charge in [0.25, 0.3) is 0 Å². The second kappa shape index (κ2) is 6.30. The van der Waals surface area contributed by atoms with Crippen LogP contribution in [-0.4, -0.2) is 29.3 Å². The third kappa shape index (κ3) is 5.50. The number of amides is 1. The van der Waals surface area contributed by atoms with E-state index in [1.54, 1.807) is 6.92 Å². The second-order valence-electron chi connectivity index (χ2n) is 4.12. The number of nitrogens with zero attached hydrogens (tertiary/aromatic N) is 1. The fraction of sp³-hybridized carbons (Fsp3) is 0.900. The first kappa shape index (κ1) is 13.8. The number of hydrogen-bond donors (Lipinski definition) is 2. The van der Waals surface area contributed by atoms with Gasteiger partial charge in [0.15, 0.2) is 0 Å². The molecular formula is C10H22N2OS. The lowest BCUT2D eigenvalue weighted by atomic mass is 9.96. The predicted molar refractivity (Wildman–Crippen MR) is 63.3 cm³/mol. The summed E-state index contributed by atoms with van der Waals surface area (Å²) in [6.07, 6.45) is 1.03. The van der Waals surface area contributed by atoms with Crippen LogP contribution in [0.4, 0.5) is 0 Å². The minimum absolute atomic E-state index is 0.0382. The van der Waals surface area contributed by atoms with E-state index in [1.807, 2.05) is 18.3 Å². The van der Waals surface area contributed by atoms with E-state index in [2.05, 4.69) is 32.0 Å². The first-order chi connectivity index (χ1) is 6.34. The van der Waals surface area contributed by atoms with Crippen LogP contribution >= 0.6 is 12.8 Å². The van der Waals surface area contributed by atoms with Gasteiger partial charge in [0, 0.05) is 19.0 Å². The van der Waals surface area contributed by atoms with Gasteiger partial charge in [-0.3, -0.25) is 9.10 Å². The molecule has 0 heterocycles. The molecule has 0 saturated heterocycles. The zero-order valence-electron chi connectivity index (χ0n) is 9.74. The minimum atomic E-state index is 0.0382. The number of hydrogen-bond acceptors (Lipinski definition) is 3. The highest BCUT2D eigenvalue weighted by Crippen LogP contribution is 2.14. The normalized spacial score (nSPS) is 17.6. The van der Waals surface area contributed by atoms with Crippen LogP contribution in [0.2, 0.25) is 0 Å². The van der Waals surface area contributed by atoms with Gasteiger partial charge in [-0.05, 0) is 33.2 Å². The maximum Gasteiger partial charge on any atom is 0.217 e. The zero-order chi connectivity index (χ0) is 11.3. The van der Waals surface area contributed by atoms with Crippen LogP contribution in [0.15, 0.2) is 0 Å². The van der Waals surface area contributed by atoms with E-state index in [0.29, 0.717) is 12.0 Å². The van der Waals surface area contributed by atoms with E-state index < -0.39 is 0 Å². The van der Waals surface area contributed by atoms with Crippen molar-refractivity contribution in [1.82, 2.24) is 9.62 Å². The third-order valence-electron chi connectivity index (χ3n) is 2.64. The molecule has 3 unspecified atom stereocenters. The summed E-state index contributed by atoms with van der Waals surface area (Å²) >= 11 is 4.25. The number of thiol groups is 1. The van der Waals surface area contributed by atoms with Gasteiger partial charge in [-0.25, -0.2) is 0 Å². The van der Waals surface area contributed by atoms with Crippen LogP contribution < -0.4 is 5.32 Å². The van der Waals surface area contributed by atoms with Gasteiger partial charge >= 0.3 is 0 Å². The highest BCUT2D eigenvalue weighted by atomic mass is 32.1. The first-order valence-corrected chi connectivity index (χ1v) is 5.43. The molecular weight excluding hydrogens is 196 g/mol. The van der Waals surface area contributed by atoms with Crippen molar-refractivity contribution in [2.45, 2.75) is 46.2 Å². The van der Waals surface area contributed by atoms with Gasteiger partial charge in [-0.2, -0.15) is 0 Å². The summed E-state index contributed by atoms with van der Waals surface area (Å²) in [5.41, 5.74) is 0. The molecule has 0 aromatic heterocycles. The van der Waals surface area contributed by atoms with Crippen molar-refractivity contribution < 1.29 is 4.79 Å². The number of carbonyl (C=O) groups is 1. The van der Waals surface area contributed by atoms with Gasteiger partial charge in [0.05, 0.1) is 0 Å². The molecule has 84 valence electrons. The topological polar surface area (TPSA) is 32.3 Å².